The molecule has 2 nitrogen and oxygen atoms in total. The van der Waals surface area contributed by atoms with E-state index in [0.717, 1.165) is 6.42 Å². The molecule has 1 aliphatic heterocycles. The molecule has 0 aromatic heterocycles. The molecule has 0 unspecified atom stereocenters. The van der Waals surface area contributed by atoms with Crippen LogP contribution in [0.4, 0.5) is 0 Å². The lowest BCUT2D eigenvalue weighted by molar-refractivity contribution is -0.145. The summed E-state index contributed by atoms with van der Waals surface area (Å²) < 4.78 is 4.69. The molecule has 1 radical (unpaired) electrons. The van der Waals surface area contributed by atoms with Gasteiger partial charge in [-0.15, -0.1) is 0 Å². The molecule has 1 heterocycles. The lowest BCUT2D eigenvalue weighted by atomic mass is 10.0. The van der Waals surface area contributed by atoms with Crippen molar-refractivity contribution >= 4 is 5.97 Å². The third-order valence-corrected chi connectivity index (χ3v) is 1.24. The zero-order chi connectivity index (χ0) is 5.98. The van der Waals surface area contributed by atoms with Gasteiger partial charge in [-0.25, -0.2) is 0 Å². The van der Waals surface area contributed by atoms with Crippen molar-refractivity contribution < 1.29 is 9.53 Å². The van der Waals surface area contributed by atoms with E-state index < -0.39 is 0 Å². The highest BCUT2D eigenvalue weighted by atomic mass is 16.5. The van der Waals surface area contributed by atoms with Crippen LogP contribution in [0.3, 0.4) is 0 Å². The van der Waals surface area contributed by atoms with Crippen molar-refractivity contribution in [2.75, 3.05) is 6.61 Å². The molecule has 0 atom stereocenters. The SMILES string of the molecule is C[C]1CCOC(=O)C1. The van der Waals surface area contributed by atoms with E-state index in [1.807, 2.05) is 6.92 Å². The van der Waals surface area contributed by atoms with Gasteiger partial charge in [0.1, 0.15) is 0 Å². The Hall–Kier alpha value is -0.530. The quantitative estimate of drug-likeness (QED) is 0.436. The molecule has 1 fully saturated rings. The van der Waals surface area contributed by atoms with E-state index >= 15 is 0 Å². The highest BCUT2D eigenvalue weighted by Crippen LogP contribution is 2.15. The lowest BCUT2D eigenvalue weighted by Crippen LogP contribution is -2.16. The number of cyclic esters (lactones) is 1. The van der Waals surface area contributed by atoms with Gasteiger partial charge in [0.15, 0.2) is 0 Å². The molecule has 45 valence electrons. The highest BCUT2D eigenvalue weighted by Gasteiger charge is 2.15. The first-order valence-electron chi connectivity index (χ1n) is 2.76. The lowest BCUT2D eigenvalue weighted by Gasteiger charge is -2.15. The van der Waals surface area contributed by atoms with Gasteiger partial charge >= 0.3 is 5.97 Å². The van der Waals surface area contributed by atoms with E-state index in [2.05, 4.69) is 4.74 Å². The topological polar surface area (TPSA) is 26.3 Å². The van der Waals surface area contributed by atoms with E-state index in [9.17, 15) is 4.79 Å². The van der Waals surface area contributed by atoms with Crippen molar-refractivity contribution in [3.63, 3.8) is 0 Å². The Morgan fingerprint density at radius 1 is 1.62 bits per heavy atom. The van der Waals surface area contributed by atoms with Gasteiger partial charge in [0.2, 0.25) is 0 Å². The molecule has 8 heavy (non-hydrogen) atoms. The first-order chi connectivity index (χ1) is 3.79. The molecule has 1 saturated heterocycles. The minimum atomic E-state index is -0.0752. The average Bonchev–Trinajstić information content (AvgIpc) is 1.64. The van der Waals surface area contributed by atoms with Crippen LogP contribution >= 0.6 is 0 Å². The van der Waals surface area contributed by atoms with Crippen LogP contribution in [0.15, 0.2) is 0 Å². The second kappa shape index (κ2) is 2.16. The van der Waals surface area contributed by atoms with Crippen LogP contribution < -0.4 is 0 Å². The van der Waals surface area contributed by atoms with Crippen LogP contribution in [0.25, 0.3) is 0 Å². The van der Waals surface area contributed by atoms with Gasteiger partial charge in [-0.1, -0.05) is 6.92 Å². The molecule has 0 spiro atoms. The third kappa shape index (κ3) is 1.22. The summed E-state index contributed by atoms with van der Waals surface area (Å²) in [7, 11) is 0. The largest absolute Gasteiger partial charge is 0.466 e. The molecular formula is C6H9O2. The van der Waals surface area contributed by atoms with Crippen LogP contribution in [-0.2, 0) is 9.53 Å². The number of ether oxygens (including phenoxy) is 1. The fourth-order valence-electron chi connectivity index (χ4n) is 0.725. The van der Waals surface area contributed by atoms with E-state index in [0.29, 0.717) is 13.0 Å². The molecule has 0 saturated carbocycles. The summed E-state index contributed by atoms with van der Waals surface area (Å²) in [5.41, 5.74) is 0. The van der Waals surface area contributed by atoms with Gasteiger partial charge in [0, 0.05) is 0 Å². The van der Waals surface area contributed by atoms with Crippen LogP contribution in [-0.4, -0.2) is 12.6 Å². The molecule has 0 bridgehead atoms. The van der Waals surface area contributed by atoms with E-state index in [1.54, 1.807) is 0 Å². The van der Waals surface area contributed by atoms with Gasteiger partial charge in [-0.2, -0.15) is 0 Å². The Morgan fingerprint density at radius 2 is 2.38 bits per heavy atom. The number of carbonyl (C=O) groups excluding carboxylic acids is 1. The van der Waals surface area contributed by atoms with Crippen LogP contribution in [0, 0.1) is 5.92 Å². The molecule has 0 N–H and O–H groups in total. The van der Waals surface area contributed by atoms with Gasteiger partial charge in [0.05, 0.1) is 13.0 Å². The normalized spacial score (nSPS) is 22.9. The fraction of sp³-hybridized carbons (Fsp3) is 0.667. The fourth-order valence-corrected chi connectivity index (χ4v) is 0.725. The molecule has 2 heteroatoms. The predicted molar refractivity (Wildman–Crippen MR) is 29.1 cm³/mol. The standard InChI is InChI=1S/C6H9O2/c1-5-2-3-8-6(7)4-5/h2-4H2,1H3. The predicted octanol–water partition coefficient (Wildman–Crippen LogP) is 0.918. The molecule has 0 aromatic rings. The number of esters is 1. The third-order valence-electron chi connectivity index (χ3n) is 1.24. The second-order valence-electron chi connectivity index (χ2n) is 2.10. The first-order valence-corrected chi connectivity index (χ1v) is 2.76. The molecule has 0 aliphatic carbocycles. The molecular weight excluding hydrogens is 104 g/mol. The summed E-state index contributed by atoms with van der Waals surface area (Å²) in [5.74, 6) is 1.16. The summed E-state index contributed by atoms with van der Waals surface area (Å²) in [4.78, 5) is 10.4. The minimum Gasteiger partial charge on any atom is -0.466 e. The van der Waals surface area contributed by atoms with Gasteiger partial charge in [-0.05, 0) is 12.3 Å². The van der Waals surface area contributed by atoms with Crippen molar-refractivity contribution in [2.24, 2.45) is 0 Å². The van der Waals surface area contributed by atoms with Crippen molar-refractivity contribution in [1.82, 2.24) is 0 Å². The Kier molecular flexibility index (Phi) is 1.51. The average molecular weight is 113 g/mol. The number of carbonyl (C=O) groups is 1. The van der Waals surface area contributed by atoms with Crippen molar-refractivity contribution in [2.45, 2.75) is 19.8 Å². The van der Waals surface area contributed by atoms with Crippen LogP contribution in [0.1, 0.15) is 19.8 Å². The van der Waals surface area contributed by atoms with Gasteiger partial charge in [-0.3, -0.25) is 4.79 Å². The molecule has 0 aromatic carbocycles. The van der Waals surface area contributed by atoms with Crippen molar-refractivity contribution in [3.8, 4) is 0 Å². The number of hydrogen-bond acceptors (Lipinski definition) is 2. The first kappa shape index (κ1) is 5.60. The zero-order valence-corrected chi connectivity index (χ0v) is 4.94. The summed E-state index contributed by atoms with van der Waals surface area (Å²) in [6.07, 6.45) is 1.48. The Labute approximate surface area is 48.8 Å². The zero-order valence-electron chi connectivity index (χ0n) is 4.94. The van der Waals surface area contributed by atoms with E-state index in [4.69, 9.17) is 0 Å². The molecule has 1 aliphatic rings. The molecule has 1 rings (SSSR count). The van der Waals surface area contributed by atoms with Crippen molar-refractivity contribution in [1.29, 1.82) is 0 Å². The van der Waals surface area contributed by atoms with Gasteiger partial charge in [0.25, 0.3) is 0 Å². The smallest absolute Gasteiger partial charge is 0.306 e. The summed E-state index contributed by atoms with van der Waals surface area (Å²) >= 11 is 0. The van der Waals surface area contributed by atoms with Crippen LogP contribution in [0.2, 0.25) is 0 Å². The van der Waals surface area contributed by atoms with E-state index in [-0.39, 0.29) is 5.97 Å². The summed E-state index contributed by atoms with van der Waals surface area (Å²) in [6, 6.07) is 0. The highest BCUT2D eigenvalue weighted by molar-refractivity contribution is 5.72. The van der Waals surface area contributed by atoms with Gasteiger partial charge < -0.3 is 4.74 Å². The molecule has 0 amide bonds. The monoisotopic (exact) mass is 113 g/mol. The summed E-state index contributed by atoms with van der Waals surface area (Å²) in [5, 5.41) is 0. The Bertz CT molecular complexity index is 98.7. The maximum Gasteiger partial charge on any atom is 0.306 e. The maximum absolute atomic E-state index is 10.4. The minimum absolute atomic E-state index is 0.0752. The number of hydrogen-bond donors (Lipinski definition) is 0. The number of rotatable bonds is 0. The second-order valence-corrected chi connectivity index (χ2v) is 2.10. The maximum atomic E-state index is 10.4. The van der Waals surface area contributed by atoms with E-state index in [1.165, 1.54) is 5.92 Å². The Morgan fingerprint density at radius 3 is 2.75 bits per heavy atom. The Balaban J connectivity index is 2.34. The van der Waals surface area contributed by atoms with Crippen LogP contribution in [0.5, 0.6) is 0 Å². The van der Waals surface area contributed by atoms with Crippen molar-refractivity contribution in [3.05, 3.63) is 5.92 Å². The summed E-state index contributed by atoms with van der Waals surface area (Å²) in [6.45, 7) is 2.57.